The fourth-order valence-electron chi connectivity index (χ4n) is 1.57. The number of carbonyl (C=O) groups excluding carboxylic acids is 2. The Hall–Kier alpha value is -0.990. The summed E-state index contributed by atoms with van der Waals surface area (Å²) in [5.41, 5.74) is 5.22. The van der Waals surface area contributed by atoms with E-state index in [4.69, 9.17) is 5.73 Å². The summed E-state index contributed by atoms with van der Waals surface area (Å²) in [6, 6.07) is -0.833. The molecule has 1 saturated heterocycles. The first-order valence-corrected chi connectivity index (χ1v) is 7.03. The third-order valence-corrected chi connectivity index (χ3v) is 4.06. The second kappa shape index (κ2) is 5.56. The van der Waals surface area contributed by atoms with E-state index in [-0.39, 0.29) is 31.0 Å². The standard InChI is InChI=1S/C9H17N3O4S/c1-12-8(13)4-3-7(9(12)14)11-17(15,16)6-2-5-10/h7,11H,2-6,10H2,1H3. The van der Waals surface area contributed by atoms with Gasteiger partial charge in [0, 0.05) is 13.5 Å². The summed E-state index contributed by atoms with van der Waals surface area (Å²) in [6.07, 6.45) is 0.723. The normalized spacial score (nSPS) is 22.0. The van der Waals surface area contributed by atoms with Crippen LogP contribution in [0.2, 0.25) is 0 Å². The van der Waals surface area contributed by atoms with Crippen molar-refractivity contribution in [1.82, 2.24) is 9.62 Å². The van der Waals surface area contributed by atoms with Crippen LogP contribution in [0.1, 0.15) is 19.3 Å². The minimum atomic E-state index is -3.51. The quantitative estimate of drug-likeness (QED) is 0.581. The fourth-order valence-corrected chi connectivity index (χ4v) is 2.89. The van der Waals surface area contributed by atoms with Gasteiger partial charge in [0.15, 0.2) is 0 Å². The number of nitrogens with two attached hydrogens (primary N) is 1. The van der Waals surface area contributed by atoms with Crippen LogP contribution in [0.4, 0.5) is 0 Å². The lowest BCUT2D eigenvalue weighted by molar-refractivity contribution is -0.147. The highest BCUT2D eigenvalue weighted by molar-refractivity contribution is 7.89. The predicted molar refractivity (Wildman–Crippen MR) is 61.4 cm³/mol. The largest absolute Gasteiger partial charge is 0.330 e. The number of imide groups is 1. The number of likely N-dealkylation sites (N-methyl/N-ethyl adjacent to an activating group) is 1. The minimum absolute atomic E-state index is 0.106. The summed E-state index contributed by atoms with van der Waals surface area (Å²) in [6.45, 7) is 0.276. The van der Waals surface area contributed by atoms with Crippen LogP contribution >= 0.6 is 0 Å². The van der Waals surface area contributed by atoms with Gasteiger partial charge in [0.25, 0.3) is 0 Å². The lowest BCUT2D eigenvalue weighted by Crippen LogP contribution is -2.53. The maximum Gasteiger partial charge on any atom is 0.247 e. The van der Waals surface area contributed by atoms with Gasteiger partial charge in [-0.25, -0.2) is 13.1 Å². The Kier molecular flexibility index (Phi) is 4.61. The molecule has 1 rings (SSSR count). The predicted octanol–water partition coefficient (Wildman–Crippen LogP) is -1.60. The number of hydrogen-bond donors (Lipinski definition) is 2. The molecule has 98 valence electrons. The van der Waals surface area contributed by atoms with Gasteiger partial charge in [0.2, 0.25) is 21.8 Å². The molecule has 0 aromatic carbocycles. The van der Waals surface area contributed by atoms with E-state index in [0.717, 1.165) is 4.90 Å². The fraction of sp³-hybridized carbons (Fsp3) is 0.778. The van der Waals surface area contributed by atoms with E-state index in [1.165, 1.54) is 7.05 Å². The van der Waals surface area contributed by atoms with Crippen molar-refractivity contribution in [2.24, 2.45) is 5.73 Å². The zero-order valence-electron chi connectivity index (χ0n) is 9.68. The van der Waals surface area contributed by atoms with Gasteiger partial charge in [0.1, 0.15) is 6.04 Å². The van der Waals surface area contributed by atoms with Gasteiger partial charge >= 0.3 is 0 Å². The second-order valence-corrected chi connectivity index (χ2v) is 5.83. The molecule has 0 radical (unpaired) electrons. The smallest absolute Gasteiger partial charge is 0.247 e. The molecule has 1 heterocycles. The Bertz CT molecular complexity index is 406. The molecule has 1 aliphatic heterocycles. The zero-order valence-corrected chi connectivity index (χ0v) is 10.5. The Labute approximate surface area is 100 Å². The number of hydrogen-bond acceptors (Lipinski definition) is 5. The average molecular weight is 263 g/mol. The summed E-state index contributed by atoms with van der Waals surface area (Å²) in [4.78, 5) is 23.8. The molecule has 8 heteroatoms. The number of likely N-dealkylation sites (tertiary alicyclic amines) is 1. The molecule has 0 aromatic heterocycles. The molecular weight excluding hydrogens is 246 g/mol. The van der Waals surface area contributed by atoms with Crippen molar-refractivity contribution < 1.29 is 18.0 Å². The highest BCUT2D eigenvalue weighted by atomic mass is 32.2. The Balaban J connectivity index is 2.63. The van der Waals surface area contributed by atoms with Gasteiger partial charge in [-0.15, -0.1) is 0 Å². The molecular formula is C9H17N3O4S. The second-order valence-electron chi connectivity index (χ2n) is 3.96. The Morgan fingerprint density at radius 1 is 1.47 bits per heavy atom. The van der Waals surface area contributed by atoms with Gasteiger partial charge in [-0.3, -0.25) is 14.5 Å². The van der Waals surface area contributed by atoms with Crippen LogP contribution in [0.25, 0.3) is 0 Å². The lowest BCUT2D eigenvalue weighted by Gasteiger charge is -2.27. The Morgan fingerprint density at radius 3 is 2.71 bits per heavy atom. The summed E-state index contributed by atoms with van der Waals surface area (Å²) in [5.74, 6) is -0.893. The average Bonchev–Trinajstić information content (AvgIpc) is 2.27. The topological polar surface area (TPSA) is 110 Å². The van der Waals surface area contributed by atoms with Gasteiger partial charge in [-0.1, -0.05) is 0 Å². The molecule has 17 heavy (non-hydrogen) atoms. The van der Waals surface area contributed by atoms with E-state index in [2.05, 4.69) is 4.72 Å². The number of carbonyl (C=O) groups is 2. The number of nitrogens with zero attached hydrogens (tertiary/aromatic N) is 1. The van der Waals surface area contributed by atoms with Crippen molar-refractivity contribution in [2.75, 3.05) is 19.3 Å². The van der Waals surface area contributed by atoms with Crippen LogP contribution in [-0.2, 0) is 19.6 Å². The Morgan fingerprint density at radius 2 is 2.12 bits per heavy atom. The molecule has 0 saturated carbocycles. The number of rotatable bonds is 5. The van der Waals surface area contributed by atoms with Crippen molar-refractivity contribution in [3.8, 4) is 0 Å². The van der Waals surface area contributed by atoms with Gasteiger partial charge in [-0.2, -0.15) is 0 Å². The first-order valence-electron chi connectivity index (χ1n) is 5.38. The van der Waals surface area contributed by atoms with Crippen LogP contribution in [0.5, 0.6) is 0 Å². The molecule has 0 bridgehead atoms. The van der Waals surface area contributed by atoms with Crippen molar-refractivity contribution >= 4 is 21.8 Å². The maximum atomic E-state index is 11.6. The SMILES string of the molecule is CN1C(=O)CCC(NS(=O)(=O)CCCN)C1=O. The molecule has 0 aromatic rings. The van der Waals surface area contributed by atoms with Crippen molar-refractivity contribution in [1.29, 1.82) is 0 Å². The zero-order chi connectivity index (χ0) is 13.1. The summed E-state index contributed by atoms with van der Waals surface area (Å²) < 4.78 is 25.4. The van der Waals surface area contributed by atoms with Crippen molar-refractivity contribution in [2.45, 2.75) is 25.3 Å². The van der Waals surface area contributed by atoms with Crippen LogP contribution < -0.4 is 10.5 Å². The first kappa shape index (κ1) is 14.1. The van der Waals surface area contributed by atoms with E-state index in [1.807, 2.05) is 0 Å². The van der Waals surface area contributed by atoms with Gasteiger partial charge < -0.3 is 5.73 Å². The monoisotopic (exact) mass is 263 g/mol. The third-order valence-electron chi connectivity index (χ3n) is 2.59. The van der Waals surface area contributed by atoms with E-state index < -0.39 is 22.0 Å². The summed E-state index contributed by atoms with van der Waals surface area (Å²) >= 11 is 0. The molecule has 1 fully saturated rings. The van der Waals surface area contributed by atoms with Crippen LogP contribution in [0.3, 0.4) is 0 Å². The number of amides is 2. The highest BCUT2D eigenvalue weighted by Gasteiger charge is 2.33. The number of piperidine rings is 1. The molecule has 0 spiro atoms. The number of nitrogens with one attached hydrogen (secondary N) is 1. The van der Waals surface area contributed by atoms with Crippen LogP contribution in [-0.4, -0.2) is 50.5 Å². The van der Waals surface area contributed by atoms with Gasteiger partial charge in [-0.05, 0) is 19.4 Å². The molecule has 1 atom stereocenters. The van der Waals surface area contributed by atoms with E-state index >= 15 is 0 Å². The lowest BCUT2D eigenvalue weighted by atomic mass is 10.1. The molecule has 0 aliphatic carbocycles. The molecule has 7 nitrogen and oxygen atoms in total. The molecule has 1 unspecified atom stereocenters. The summed E-state index contributed by atoms with van der Waals surface area (Å²) in [5, 5.41) is 0. The number of sulfonamides is 1. The van der Waals surface area contributed by atoms with E-state index in [0.29, 0.717) is 6.42 Å². The molecule has 2 amide bonds. The van der Waals surface area contributed by atoms with Crippen LogP contribution in [0.15, 0.2) is 0 Å². The first-order chi connectivity index (χ1) is 7.87. The highest BCUT2D eigenvalue weighted by Crippen LogP contribution is 2.12. The van der Waals surface area contributed by atoms with Crippen LogP contribution in [0, 0.1) is 0 Å². The van der Waals surface area contributed by atoms with Crippen molar-refractivity contribution in [3.05, 3.63) is 0 Å². The minimum Gasteiger partial charge on any atom is -0.330 e. The molecule has 3 N–H and O–H groups in total. The van der Waals surface area contributed by atoms with E-state index in [9.17, 15) is 18.0 Å². The maximum absolute atomic E-state index is 11.6. The van der Waals surface area contributed by atoms with Crippen molar-refractivity contribution in [3.63, 3.8) is 0 Å². The van der Waals surface area contributed by atoms with E-state index in [1.54, 1.807) is 0 Å². The molecule has 1 aliphatic rings. The van der Waals surface area contributed by atoms with Gasteiger partial charge in [0.05, 0.1) is 5.75 Å². The summed E-state index contributed by atoms with van der Waals surface area (Å²) in [7, 11) is -2.15. The third kappa shape index (κ3) is 3.76.